The van der Waals surface area contributed by atoms with Crippen molar-refractivity contribution in [3.05, 3.63) is 36.5 Å². The molecule has 0 spiro atoms. The van der Waals surface area contributed by atoms with Crippen LogP contribution in [0, 0.1) is 5.92 Å². The molecule has 13 heavy (non-hydrogen) atoms. The van der Waals surface area contributed by atoms with Crippen LogP contribution in [0.5, 0.6) is 0 Å². The van der Waals surface area contributed by atoms with E-state index in [1.807, 2.05) is 12.2 Å². The Hall–Kier alpha value is -0.780. The molecule has 0 fully saturated rings. The Kier molecular flexibility index (Phi) is 4.01. The zero-order valence-electron chi connectivity index (χ0n) is 8.68. The molecule has 0 aromatic rings. The van der Waals surface area contributed by atoms with Crippen LogP contribution in [0.1, 0.15) is 39.0 Å². The Labute approximate surface area is 82.0 Å². The normalized spacial score (nSPS) is 23.0. The Morgan fingerprint density at radius 2 is 2.23 bits per heavy atom. The van der Waals surface area contributed by atoms with Gasteiger partial charge in [0, 0.05) is 0 Å². The molecule has 1 aliphatic rings. The van der Waals surface area contributed by atoms with Crippen LogP contribution in [0.15, 0.2) is 36.5 Å². The highest BCUT2D eigenvalue weighted by molar-refractivity contribution is 5.28. The minimum absolute atomic E-state index is 0.890. The van der Waals surface area contributed by atoms with Gasteiger partial charge in [-0.05, 0) is 37.2 Å². The lowest BCUT2D eigenvalue weighted by atomic mass is 9.81. The summed E-state index contributed by atoms with van der Waals surface area (Å²) in [6, 6.07) is 0. The molecule has 1 unspecified atom stereocenters. The maximum Gasteiger partial charge on any atom is -0.0136 e. The lowest BCUT2D eigenvalue weighted by molar-refractivity contribution is 0.444. The molecule has 0 heterocycles. The van der Waals surface area contributed by atoms with Crippen molar-refractivity contribution in [2.24, 2.45) is 5.92 Å². The van der Waals surface area contributed by atoms with E-state index < -0.39 is 0 Å². The van der Waals surface area contributed by atoms with Crippen LogP contribution < -0.4 is 0 Å². The first kappa shape index (κ1) is 10.3. The molecule has 1 rings (SSSR count). The second-order valence-electron chi connectivity index (χ2n) is 3.84. The summed E-state index contributed by atoms with van der Waals surface area (Å²) >= 11 is 0. The van der Waals surface area contributed by atoms with Crippen molar-refractivity contribution in [3.63, 3.8) is 0 Å². The van der Waals surface area contributed by atoms with Crippen molar-refractivity contribution < 1.29 is 0 Å². The molecule has 0 aliphatic heterocycles. The molecule has 1 atom stereocenters. The third-order valence-electron chi connectivity index (χ3n) is 3.03. The third-order valence-corrected chi connectivity index (χ3v) is 3.03. The first-order valence-corrected chi connectivity index (χ1v) is 5.26. The van der Waals surface area contributed by atoms with Gasteiger partial charge in [0.05, 0.1) is 0 Å². The second-order valence-corrected chi connectivity index (χ2v) is 3.84. The summed E-state index contributed by atoms with van der Waals surface area (Å²) in [5.74, 6) is 0.890. The largest absolute Gasteiger partial charge is 0.103 e. The second kappa shape index (κ2) is 5.06. The van der Waals surface area contributed by atoms with E-state index in [1.54, 1.807) is 5.57 Å². The van der Waals surface area contributed by atoms with Gasteiger partial charge < -0.3 is 0 Å². The summed E-state index contributed by atoms with van der Waals surface area (Å²) in [6.07, 6.45) is 10.3. The van der Waals surface area contributed by atoms with Gasteiger partial charge in [-0.1, -0.05) is 37.6 Å². The third kappa shape index (κ3) is 2.58. The standard InChI is InChI=1S/C13H20/c1-4-7-13-9-8-11(5-2)10-12(13)6-3/h4,6,11H,1,3,5,7-10H2,2H3. The van der Waals surface area contributed by atoms with Gasteiger partial charge in [0.25, 0.3) is 0 Å². The van der Waals surface area contributed by atoms with Gasteiger partial charge >= 0.3 is 0 Å². The lowest BCUT2D eigenvalue weighted by Gasteiger charge is -2.24. The summed E-state index contributed by atoms with van der Waals surface area (Å²) in [5.41, 5.74) is 3.05. The van der Waals surface area contributed by atoms with Crippen molar-refractivity contribution >= 4 is 0 Å². The van der Waals surface area contributed by atoms with Gasteiger partial charge in [-0.3, -0.25) is 0 Å². The summed E-state index contributed by atoms with van der Waals surface area (Å²) in [6.45, 7) is 9.97. The molecule has 0 radical (unpaired) electrons. The molecule has 0 saturated heterocycles. The molecule has 0 aromatic heterocycles. The Bertz CT molecular complexity index is 220. The van der Waals surface area contributed by atoms with Crippen LogP contribution in [0.25, 0.3) is 0 Å². The predicted octanol–water partition coefficient (Wildman–Crippen LogP) is 4.26. The monoisotopic (exact) mass is 176 g/mol. The Morgan fingerprint density at radius 3 is 2.77 bits per heavy atom. The van der Waals surface area contributed by atoms with Gasteiger partial charge in [0.2, 0.25) is 0 Å². The van der Waals surface area contributed by atoms with Crippen molar-refractivity contribution in [1.29, 1.82) is 0 Å². The molecule has 0 bridgehead atoms. The van der Waals surface area contributed by atoms with Crippen molar-refractivity contribution in [3.8, 4) is 0 Å². The summed E-state index contributed by atoms with van der Waals surface area (Å²) in [4.78, 5) is 0. The quantitative estimate of drug-likeness (QED) is 0.561. The minimum atomic E-state index is 0.890. The van der Waals surface area contributed by atoms with E-state index >= 15 is 0 Å². The van der Waals surface area contributed by atoms with Crippen LogP contribution in [0.4, 0.5) is 0 Å². The molecule has 0 aromatic carbocycles. The maximum absolute atomic E-state index is 3.89. The number of hydrogen-bond donors (Lipinski definition) is 0. The molecule has 0 N–H and O–H groups in total. The smallest absolute Gasteiger partial charge is 0.0136 e. The summed E-state index contributed by atoms with van der Waals surface area (Å²) in [7, 11) is 0. The van der Waals surface area contributed by atoms with Crippen LogP contribution in [0.3, 0.4) is 0 Å². The number of hydrogen-bond acceptors (Lipinski definition) is 0. The van der Waals surface area contributed by atoms with Gasteiger partial charge in [-0.2, -0.15) is 0 Å². The summed E-state index contributed by atoms with van der Waals surface area (Å²) < 4.78 is 0. The van der Waals surface area contributed by atoms with E-state index in [0.717, 1.165) is 12.3 Å². The Morgan fingerprint density at radius 1 is 1.46 bits per heavy atom. The van der Waals surface area contributed by atoms with E-state index in [-0.39, 0.29) is 0 Å². The van der Waals surface area contributed by atoms with Crippen molar-refractivity contribution in [1.82, 2.24) is 0 Å². The number of allylic oxidation sites excluding steroid dienone is 4. The SMILES string of the molecule is C=CCC1=C(C=C)CC(CC)CC1. The van der Waals surface area contributed by atoms with Gasteiger partial charge in [-0.25, -0.2) is 0 Å². The van der Waals surface area contributed by atoms with E-state index in [1.165, 1.54) is 31.3 Å². The van der Waals surface area contributed by atoms with Crippen molar-refractivity contribution in [2.45, 2.75) is 39.0 Å². The molecular weight excluding hydrogens is 156 g/mol. The molecular formula is C13H20. The molecule has 72 valence electrons. The lowest BCUT2D eigenvalue weighted by Crippen LogP contribution is -2.08. The average Bonchev–Trinajstić information content (AvgIpc) is 2.19. The Balaban J connectivity index is 2.71. The number of rotatable bonds is 4. The van der Waals surface area contributed by atoms with Gasteiger partial charge in [0.15, 0.2) is 0 Å². The first-order chi connectivity index (χ1) is 6.31. The zero-order valence-corrected chi connectivity index (χ0v) is 8.68. The van der Waals surface area contributed by atoms with E-state index in [9.17, 15) is 0 Å². The molecule has 0 heteroatoms. The molecule has 0 nitrogen and oxygen atoms in total. The molecule has 0 saturated carbocycles. The fraction of sp³-hybridized carbons (Fsp3) is 0.538. The van der Waals surface area contributed by atoms with Crippen LogP contribution in [0.2, 0.25) is 0 Å². The highest BCUT2D eigenvalue weighted by atomic mass is 14.2. The first-order valence-electron chi connectivity index (χ1n) is 5.26. The minimum Gasteiger partial charge on any atom is -0.103 e. The summed E-state index contributed by atoms with van der Waals surface area (Å²) in [5, 5.41) is 0. The maximum atomic E-state index is 3.89. The van der Waals surface area contributed by atoms with E-state index in [0.29, 0.717) is 0 Å². The van der Waals surface area contributed by atoms with Crippen molar-refractivity contribution in [2.75, 3.05) is 0 Å². The highest BCUT2D eigenvalue weighted by Crippen LogP contribution is 2.33. The van der Waals surface area contributed by atoms with Crippen LogP contribution in [-0.4, -0.2) is 0 Å². The molecule has 0 amide bonds. The molecule has 1 aliphatic carbocycles. The van der Waals surface area contributed by atoms with E-state index in [4.69, 9.17) is 0 Å². The van der Waals surface area contributed by atoms with Gasteiger partial charge in [0.1, 0.15) is 0 Å². The fourth-order valence-corrected chi connectivity index (χ4v) is 2.08. The average molecular weight is 176 g/mol. The fourth-order valence-electron chi connectivity index (χ4n) is 2.08. The topological polar surface area (TPSA) is 0 Å². The predicted molar refractivity (Wildman–Crippen MR) is 59.7 cm³/mol. The highest BCUT2D eigenvalue weighted by Gasteiger charge is 2.16. The zero-order chi connectivity index (χ0) is 9.68. The van der Waals surface area contributed by atoms with Gasteiger partial charge in [-0.15, -0.1) is 6.58 Å². The van der Waals surface area contributed by atoms with Crippen LogP contribution >= 0.6 is 0 Å². The van der Waals surface area contributed by atoms with Crippen LogP contribution in [-0.2, 0) is 0 Å². The van der Waals surface area contributed by atoms with E-state index in [2.05, 4.69) is 20.1 Å².